The van der Waals surface area contributed by atoms with Crippen molar-refractivity contribution in [3.05, 3.63) is 83.4 Å². The zero-order chi connectivity index (χ0) is 16.7. The molecule has 4 nitrogen and oxygen atoms in total. The summed E-state index contributed by atoms with van der Waals surface area (Å²) in [5, 5.41) is 17.0. The van der Waals surface area contributed by atoms with Gasteiger partial charge in [-0.2, -0.15) is 0 Å². The summed E-state index contributed by atoms with van der Waals surface area (Å²) in [7, 11) is 0. The molecule has 0 fully saturated rings. The SMILES string of the molecule is C1=CC(c2ccccc2)CC1.O=C(O)c1cccc(C(=O)O)c1. The Bertz CT molecular complexity index is 675. The van der Waals surface area contributed by atoms with E-state index in [2.05, 4.69) is 42.5 Å². The second kappa shape index (κ2) is 7.94. The van der Waals surface area contributed by atoms with Crippen LogP contribution in [0.25, 0.3) is 0 Å². The largest absolute Gasteiger partial charge is 0.478 e. The van der Waals surface area contributed by atoms with Crippen molar-refractivity contribution in [2.45, 2.75) is 18.8 Å². The van der Waals surface area contributed by atoms with E-state index in [1.165, 1.54) is 36.6 Å². The Balaban J connectivity index is 0.000000167. The molecule has 4 heteroatoms. The Morgan fingerprint density at radius 2 is 1.48 bits per heavy atom. The van der Waals surface area contributed by atoms with Gasteiger partial charge in [-0.3, -0.25) is 0 Å². The molecule has 0 heterocycles. The maximum atomic E-state index is 10.4. The maximum Gasteiger partial charge on any atom is 0.335 e. The Morgan fingerprint density at radius 3 is 1.96 bits per heavy atom. The lowest BCUT2D eigenvalue weighted by Gasteiger charge is -2.05. The fourth-order valence-electron chi connectivity index (χ4n) is 2.40. The van der Waals surface area contributed by atoms with E-state index in [1.807, 2.05) is 0 Å². The molecular weight excluding hydrogens is 292 g/mol. The van der Waals surface area contributed by atoms with Gasteiger partial charge in [-0.05, 0) is 36.6 Å². The molecule has 2 N–H and O–H groups in total. The highest BCUT2D eigenvalue weighted by atomic mass is 16.4. The van der Waals surface area contributed by atoms with Crippen LogP contribution in [0.3, 0.4) is 0 Å². The first-order valence-electron chi connectivity index (χ1n) is 7.36. The minimum Gasteiger partial charge on any atom is -0.478 e. The molecule has 0 spiro atoms. The second-order valence-corrected chi connectivity index (χ2v) is 5.21. The van der Waals surface area contributed by atoms with Gasteiger partial charge in [0, 0.05) is 5.92 Å². The summed E-state index contributed by atoms with van der Waals surface area (Å²) in [6, 6.07) is 15.9. The normalized spacial score (nSPS) is 15.6. The number of carboxylic acid groups (broad SMARTS) is 2. The third-order valence-electron chi connectivity index (χ3n) is 3.60. The van der Waals surface area contributed by atoms with E-state index in [1.54, 1.807) is 0 Å². The Labute approximate surface area is 134 Å². The standard InChI is InChI=1S/C11H12.C8H6O4/c1-2-6-10(7-3-1)11-8-4-5-9-11;9-7(10)5-2-1-3-6(4-5)8(11)12/h1-4,6-8,11H,5,9H2;1-4H,(H,9,10)(H,11,12). The quantitative estimate of drug-likeness (QED) is 0.833. The fraction of sp³-hybridized carbons (Fsp3) is 0.158. The number of hydrogen-bond acceptors (Lipinski definition) is 2. The van der Waals surface area contributed by atoms with Crippen LogP contribution in [0.2, 0.25) is 0 Å². The van der Waals surface area contributed by atoms with Gasteiger partial charge in [-0.25, -0.2) is 9.59 Å². The average Bonchev–Trinajstić information content (AvgIpc) is 3.11. The van der Waals surface area contributed by atoms with Crippen LogP contribution < -0.4 is 0 Å². The molecule has 0 aliphatic heterocycles. The van der Waals surface area contributed by atoms with Gasteiger partial charge in [0.15, 0.2) is 0 Å². The Morgan fingerprint density at radius 1 is 0.870 bits per heavy atom. The highest BCUT2D eigenvalue weighted by molar-refractivity contribution is 5.93. The van der Waals surface area contributed by atoms with Gasteiger partial charge >= 0.3 is 11.9 Å². The highest BCUT2D eigenvalue weighted by Gasteiger charge is 2.10. The van der Waals surface area contributed by atoms with Crippen LogP contribution in [0.1, 0.15) is 45.0 Å². The van der Waals surface area contributed by atoms with Crippen molar-refractivity contribution in [2.75, 3.05) is 0 Å². The van der Waals surface area contributed by atoms with Gasteiger partial charge in [0.25, 0.3) is 0 Å². The van der Waals surface area contributed by atoms with Crippen LogP contribution in [0.5, 0.6) is 0 Å². The van der Waals surface area contributed by atoms with Crippen molar-refractivity contribution in [3.63, 3.8) is 0 Å². The summed E-state index contributed by atoms with van der Waals surface area (Å²) < 4.78 is 0. The maximum absolute atomic E-state index is 10.4. The summed E-state index contributed by atoms with van der Waals surface area (Å²) in [4.78, 5) is 20.8. The number of hydrogen-bond donors (Lipinski definition) is 2. The number of rotatable bonds is 3. The molecule has 1 unspecified atom stereocenters. The molecule has 1 atom stereocenters. The zero-order valence-electron chi connectivity index (χ0n) is 12.6. The molecule has 0 aromatic heterocycles. The van der Waals surface area contributed by atoms with E-state index in [9.17, 15) is 9.59 Å². The molecule has 23 heavy (non-hydrogen) atoms. The predicted molar refractivity (Wildman–Crippen MR) is 87.9 cm³/mol. The van der Waals surface area contributed by atoms with Crippen molar-refractivity contribution < 1.29 is 19.8 Å². The van der Waals surface area contributed by atoms with Crippen molar-refractivity contribution in [1.82, 2.24) is 0 Å². The average molecular weight is 310 g/mol. The molecule has 118 valence electrons. The highest BCUT2D eigenvalue weighted by Crippen LogP contribution is 2.27. The summed E-state index contributed by atoms with van der Waals surface area (Å²) >= 11 is 0. The Hall–Kier alpha value is -2.88. The zero-order valence-corrected chi connectivity index (χ0v) is 12.6. The first kappa shape index (κ1) is 16.5. The van der Waals surface area contributed by atoms with E-state index in [0.717, 1.165) is 6.07 Å². The summed E-state index contributed by atoms with van der Waals surface area (Å²) in [5.41, 5.74) is 1.42. The van der Waals surface area contributed by atoms with Gasteiger partial charge in [-0.15, -0.1) is 0 Å². The lowest BCUT2D eigenvalue weighted by molar-refractivity contribution is 0.0696. The molecule has 2 aromatic rings. The fourth-order valence-corrected chi connectivity index (χ4v) is 2.40. The van der Waals surface area contributed by atoms with E-state index in [-0.39, 0.29) is 11.1 Å². The molecule has 2 aromatic carbocycles. The van der Waals surface area contributed by atoms with Gasteiger partial charge < -0.3 is 10.2 Å². The number of carboxylic acids is 2. The van der Waals surface area contributed by atoms with Crippen LogP contribution in [-0.4, -0.2) is 22.2 Å². The predicted octanol–water partition coefficient (Wildman–Crippen LogP) is 4.20. The van der Waals surface area contributed by atoms with Crippen LogP contribution in [-0.2, 0) is 0 Å². The lowest BCUT2D eigenvalue weighted by Crippen LogP contribution is -2.01. The molecule has 0 saturated carbocycles. The molecule has 0 saturated heterocycles. The van der Waals surface area contributed by atoms with Crippen molar-refractivity contribution in [1.29, 1.82) is 0 Å². The minimum absolute atomic E-state index is 0.0186. The summed E-state index contributed by atoms with van der Waals surface area (Å²) in [6.45, 7) is 0. The molecular formula is C19H18O4. The lowest BCUT2D eigenvalue weighted by atomic mass is 9.99. The van der Waals surface area contributed by atoms with Crippen molar-refractivity contribution >= 4 is 11.9 Å². The second-order valence-electron chi connectivity index (χ2n) is 5.21. The number of allylic oxidation sites excluding steroid dienone is 2. The molecule has 1 aliphatic rings. The molecule has 0 bridgehead atoms. The molecule has 0 radical (unpaired) electrons. The smallest absolute Gasteiger partial charge is 0.335 e. The van der Waals surface area contributed by atoms with Crippen LogP contribution in [0.15, 0.2) is 66.7 Å². The van der Waals surface area contributed by atoms with Crippen LogP contribution >= 0.6 is 0 Å². The first-order chi connectivity index (χ1) is 11.1. The van der Waals surface area contributed by atoms with Crippen LogP contribution in [0, 0.1) is 0 Å². The molecule has 3 rings (SSSR count). The third-order valence-corrected chi connectivity index (χ3v) is 3.60. The first-order valence-corrected chi connectivity index (χ1v) is 7.36. The third kappa shape index (κ3) is 4.81. The van der Waals surface area contributed by atoms with E-state index in [4.69, 9.17) is 10.2 Å². The molecule has 1 aliphatic carbocycles. The minimum atomic E-state index is -1.13. The van der Waals surface area contributed by atoms with Gasteiger partial charge in [0.05, 0.1) is 11.1 Å². The van der Waals surface area contributed by atoms with Crippen molar-refractivity contribution in [3.8, 4) is 0 Å². The van der Waals surface area contributed by atoms with Gasteiger partial charge in [0.2, 0.25) is 0 Å². The number of aromatic carboxylic acids is 2. The number of carbonyl (C=O) groups is 2. The monoisotopic (exact) mass is 310 g/mol. The van der Waals surface area contributed by atoms with E-state index in [0.29, 0.717) is 5.92 Å². The summed E-state index contributed by atoms with van der Waals surface area (Å²) in [6.07, 6.45) is 7.14. The topological polar surface area (TPSA) is 74.6 Å². The van der Waals surface area contributed by atoms with Crippen molar-refractivity contribution in [2.24, 2.45) is 0 Å². The molecule has 0 amide bonds. The van der Waals surface area contributed by atoms with Crippen LogP contribution in [0.4, 0.5) is 0 Å². The van der Waals surface area contributed by atoms with E-state index >= 15 is 0 Å². The Kier molecular flexibility index (Phi) is 5.69. The number of benzene rings is 2. The van der Waals surface area contributed by atoms with Gasteiger partial charge in [0.1, 0.15) is 0 Å². The van der Waals surface area contributed by atoms with Gasteiger partial charge in [-0.1, -0.05) is 48.6 Å². The summed E-state index contributed by atoms with van der Waals surface area (Å²) in [5.74, 6) is -1.56. The van der Waals surface area contributed by atoms with E-state index < -0.39 is 11.9 Å².